The lowest BCUT2D eigenvalue weighted by Crippen LogP contribution is -2.57. The van der Waals surface area contributed by atoms with E-state index in [2.05, 4.69) is 23.5 Å². The van der Waals surface area contributed by atoms with Gasteiger partial charge in [0.1, 0.15) is 18.3 Å². The first kappa shape index (κ1) is 24.5. The molecule has 0 saturated carbocycles. The molecule has 1 fully saturated rings. The largest absolute Gasteiger partial charge is 0.490 e. The second kappa shape index (κ2) is 8.74. The number of nitrogens with zero attached hydrogens (tertiary/aromatic N) is 2. The summed E-state index contributed by atoms with van der Waals surface area (Å²) in [5.41, 5.74) is 5.36. The number of phosphoric ester groups is 1. The topological polar surface area (TPSA) is 280 Å². The third-order valence-electron chi connectivity index (χ3n) is 3.29. The van der Waals surface area contributed by atoms with Crippen LogP contribution in [0.5, 0.6) is 0 Å². The minimum atomic E-state index is -5.72. The van der Waals surface area contributed by atoms with Crippen LogP contribution < -0.4 is 11.1 Å². The molecule has 0 radical (unpaired) electrons. The SMILES string of the molecule is NC1N=CN([C@@H]2O[C@H](COP(=O)(O)OP(=O)(O)OP(=O)(O)O)[C@@H](O)[C@H]2O)C(=O)N1. The van der Waals surface area contributed by atoms with Gasteiger partial charge in [-0.1, -0.05) is 0 Å². The summed E-state index contributed by atoms with van der Waals surface area (Å²) in [5.74, 6) is 0. The number of hydrogen-bond donors (Lipinski definition) is 8. The number of ether oxygens (including phenoxy) is 1. The van der Waals surface area contributed by atoms with Crippen molar-refractivity contribution in [3.8, 4) is 0 Å². The van der Waals surface area contributed by atoms with Gasteiger partial charge in [0.25, 0.3) is 0 Å². The summed E-state index contributed by atoms with van der Waals surface area (Å²) in [6, 6.07) is -0.836. The maximum Gasteiger partial charge on any atom is 0.490 e. The van der Waals surface area contributed by atoms with Crippen LogP contribution in [-0.4, -0.2) is 84.5 Å². The molecule has 3 unspecified atom stereocenters. The normalized spacial score (nSPS) is 34.5. The molecule has 2 aliphatic heterocycles. The number of carbonyl (C=O) groups excluding carboxylic acids is 1. The molecule has 0 aromatic heterocycles. The molecule has 2 heterocycles. The monoisotopic (exact) mass is 486 g/mol. The fraction of sp³-hybridized carbons (Fsp3) is 0.750. The Labute approximate surface area is 161 Å². The van der Waals surface area contributed by atoms with Crippen LogP contribution in [0.25, 0.3) is 0 Å². The van der Waals surface area contributed by atoms with Crippen LogP contribution >= 0.6 is 23.5 Å². The van der Waals surface area contributed by atoms with Gasteiger partial charge in [-0.2, -0.15) is 8.62 Å². The molecule has 168 valence electrons. The van der Waals surface area contributed by atoms with Crippen molar-refractivity contribution in [2.24, 2.45) is 10.7 Å². The van der Waals surface area contributed by atoms with Gasteiger partial charge in [-0.05, 0) is 0 Å². The van der Waals surface area contributed by atoms with E-state index in [0.29, 0.717) is 0 Å². The van der Waals surface area contributed by atoms with Crippen molar-refractivity contribution in [3.63, 3.8) is 0 Å². The van der Waals surface area contributed by atoms with Crippen LogP contribution in [-0.2, 0) is 31.6 Å². The summed E-state index contributed by atoms with van der Waals surface area (Å²) >= 11 is 0. The molecule has 9 N–H and O–H groups in total. The predicted octanol–water partition coefficient (Wildman–Crippen LogP) is -2.93. The summed E-state index contributed by atoms with van der Waals surface area (Å²) in [7, 11) is -16.7. The second-order valence-electron chi connectivity index (χ2n) is 5.50. The van der Waals surface area contributed by atoms with Crippen molar-refractivity contribution in [1.29, 1.82) is 0 Å². The van der Waals surface area contributed by atoms with Crippen LogP contribution in [0.2, 0.25) is 0 Å². The molecule has 18 nitrogen and oxygen atoms in total. The van der Waals surface area contributed by atoms with Gasteiger partial charge in [-0.25, -0.2) is 23.5 Å². The Bertz CT molecular complexity index is 802. The van der Waals surface area contributed by atoms with E-state index in [1.165, 1.54) is 0 Å². The molecular formula is C8H17N4O14P3. The molecule has 7 atom stereocenters. The average Bonchev–Trinajstić information content (AvgIpc) is 2.78. The smallest absolute Gasteiger partial charge is 0.387 e. The van der Waals surface area contributed by atoms with Gasteiger partial charge in [0.15, 0.2) is 12.5 Å². The van der Waals surface area contributed by atoms with E-state index in [1.807, 2.05) is 0 Å². The summed E-state index contributed by atoms with van der Waals surface area (Å²) in [4.78, 5) is 51.5. The van der Waals surface area contributed by atoms with Crippen molar-refractivity contribution in [3.05, 3.63) is 0 Å². The van der Waals surface area contributed by atoms with Gasteiger partial charge in [0.05, 0.1) is 12.9 Å². The van der Waals surface area contributed by atoms with Crippen LogP contribution in [0.4, 0.5) is 4.79 Å². The zero-order valence-electron chi connectivity index (χ0n) is 13.9. The summed E-state index contributed by atoms with van der Waals surface area (Å²) < 4.78 is 50.0. The molecule has 2 amide bonds. The van der Waals surface area contributed by atoms with Crippen LogP contribution in [0.1, 0.15) is 0 Å². The van der Waals surface area contributed by atoms with E-state index >= 15 is 0 Å². The van der Waals surface area contributed by atoms with Crippen molar-refractivity contribution < 1.29 is 66.2 Å². The second-order valence-corrected chi connectivity index (χ2v) is 9.92. The Kier molecular flexibility index (Phi) is 7.37. The Balaban J connectivity index is 1.99. The molecule has 0 aromatic carbocycles. The Hall–Kier alpha value is -0.810. The van der Waals surface area contributed by atoms with Crippen LogP contribution in [0.15, 0.2) is 4.99 Å². The van der Waals surface area contributed by atoms with Gasteiger partial charge in [0.2, 0.25) is 0 Å². The maximum atomic E-state index is 11.8. The van der Waals surface area contributed by atoms with E-state index in [4.69, 9.17) is 25.2 Å². The number of aliphatic imine (C=N–C) groups is 1. The Morgan fingerprint density at radius 3 is 2.31 bits per heavy atom. The number of amides is 2. The standard InChI is InChI=1S/C8H17N4O14P3/c9-7-10-2-12(8(15)11-7)6-5(14)4(13)3(24-6)1-23-28(19,20)26-29(21,22)25-27(16,17)18/h2-7,13-14H,1,9H2,(H,11,15)(H,19,20)(H,21,22)(H2,16,17,18)/t3-,4-,5-,6-,7?/m1/s1. The van der Waals surface area contributed by atoms with Crippen LogP contribution in [0, 0.1) is 0 Å². The first-order valence-corrected chi connectivity index (χ1v) is 11.8. The lowest BCUT2D eigenvalue weighted by Gasteiger charge is -2.30. The lowest BCUT2D eigenvalue weighted by molar-refractivity contribution is -0.0576. The molecule has 29 heavy (non-hydrogen) atoms. The highest BCUT2D eigenvalue weighted by Gasteiger charge is 2.49. The number of phosphoric acid groups is 3. The van der Waals surface area contributed by atoms with Crippen molar-refractivity contribution in [2.45, 2.75) is 30.8 Å². The fourth-order valence-corrected chi connectivity index (χ4v) is 5.21. The van der Waals surface area contributed by atoms with Gasteiger partial charge in [-0.3, -0.25) is 15.2 Å². The molecule has 2 rings (SSSR count). The highest BCUT2D eigenvalue weighted by atomic mass is 31.3. The molecular weight excluding hydrogens is 469 g/mol. The van der Waals surface area contributed by atoms with Gasteiger partial charge >= 0.3 is 29.5 Å². The van der Waals surface area contributed by atoms with E-state index in [1.54, 1.807) is 0 Å². The minimum Gasteiger partial charge on any atom is -0.387 e. The third-order valence-corrected chi connectivity index (χ3v) is 7.09. The molecule has 0 aromatic rings. The molecule has 2 aliphatic rings. The maximum absolute atomic E-state index is 11.8. The van der Waals surface area contributed by atoms with Crippen molar-refractivity contribution in [1.82, 2.24) is 10.2 Å². The average molecular weight is 486 g/mol. The number of aliphatic hydroxyl groups is 2. The molecule has 0 aliphatic carbocycles. The van der Waals surface area contributed by atoms with Gasteiger partial charge in [-0.15, -0.1) is 0 Å². The van der Waals surface area contributed by atoms with E-state index in [-0.39, 0.29) is 0 Å². The zero-order valence-corrected chi connectivity index (χ0v) is 16.6. The quantitative estimate of drug-likeness (QED) is 0.159. The Morgan fingerprint density at radius 2 is 1.76 bits per heavy atom. The van der Waals surface area contributed by atoms with Gasteiger partial charge < -0.3 is 39.8 Å². The predicted molar refractivity (Wildman–Crippen MR) is 87.3 cm³/mol. The summed E-state index contributed by atoms with van der Waals surface area (Å²) in [6.07, 6.45) is -6.65. The van der Waals surface area contributed by atoms with E-state index < -0.39 is 66.9 Å². The summed E-state index contributed by atoms with van der Waals surface area (Å²) in [6.45, 7) is -1.02. The van der Waals surface area contributed by atoms with E-state index in [0.717, 1.165) is 11.2 Å². The number of rotatable bonds is 8. The highest BCUT2D eigenvalue weighted by molar-refractivity contribution is 7.66. The summed E-state index contributed by atoms with van der Waals surface area (Å²) in [5, 5.41) is 22.1. The zero-order chi connectivity index (χ0) is 22.2. The Morgan fingerprint density at radius 1 is 1.14 bits per heavy atom. The molecule has 0 bridgehead atoms. The fourth-order valence-electron chi connectivity index (χ4n) is 2.18. The number of hydrogen-bond acceptors (Lipinski definition) is 12. The van der Waals surface area contributed by atoms with Crippen LogP contribution in [0.3, 0.4) is 0 Å². The molecule has 0 spiro atoms. The number of aliphatic hydroxyl groups excluding tert-OH is 2. The highest BCUT2D eigenvalue weighted by Crippen LogP contribution is 2.66. The van der Waals surface area contributed by atoms with Gasteiger partial charge in [0, 0.05) is 0 Å². The van der Waals surface area contributed by atoms with E-state index in [9.17, 15) is 33.6 Å². The first-order chi connectivity index (χ1) is 13.1. The molecule has 21 heteroatoms. The number of urea groups is 1. The van der Waals surface area contributed by atoms with Crippen molar-refractivity contribution >= 4 is 35.8 Å². The number of carbonyl (C=O) groups is 1. The molecule has 1 saturated heterocycles. The number of nitrogens with one attached hydrogen (secondary N) is 1. The minimum absolute atomic E-state index is 0.738. The third kappa shape index (κ3) is 6.85. The lowest BCUT2D eigenvalue weighted by atomic mass is 10.1. The number of nitrogens with two attached hydrogens (primary N) is 1. The van der Waals surface area contributed by atoms with Crippen molar-refractivity contribution in [2.75, 3.05) is 6.61 Å². The first-order valence-electron chi connectivity index (χ1n) is 7.28.